The molecule has 0 unspecified atom stereocenters. The van der Waals surface area contributed by atoms with Crippen molar-refractivity contribution in [2.75, 3.05) is 6.26 Å². The topological polar surface area (TPSA) is 69.9 Å². The van der Waals surface area contributed by atoms with Crippen molar-refractivity contribution in [2.45, 2.75) is 44.4 Å². The molecule has 4 aromatic rings. The van der Waals surface area contributed by atoms with Crippen molar-refractivity contribution < 1.29 is 14.3 Å². The summed E-state index contributed by atoms with van der Waals surface area (Å²) in [6, 6.07) is 24.9. The number of ether oxygens (including phenoxy) is 2. The highest BCUT2D eigenvalue weighted by atomic mass is 32.2. The predicted molar refractivity (Wildman–Crippen MR) is 160 cm³/mol. The Morgan fingerprint density at radius 2 is 1.82 bits per heavy atom. The fourth-order valence-electron chi connectivity index (χ4n) is 4.55. The fourth-order valence-corrected chi connectivity index (χ4v) is 6.00. The number of aromatic nitrogens is 1. The molecule has 0 radical (unpaired) electrons. The van der Waals surface area contributed by atoms with Crippen molar-refractivity contribution >= 4 is 35.1 Å². The summed E-state index contributed by atoms with van der Waals surface area (Å²) in [5.74, 6) is 0.249. The Kier molecular flexibility index (Phi) is 8.38. The van der Waals surface area contributed by atoms with Crippen molar-refractivity contribution in [3.05, 3.63) is 127 Å². The van der Waals surface area contributed by atoms with Gasteiger partial charge in [0, 0.05) is 4.90 Å². The van der Waals surface area contributed by atoms with E-state index in [1.807, 2.05) is 105 Å². The van der Waals surface area contributed by atoms with E-state index in [-0.39, 0.29) is 11.7 Å². The molecule has 1 atom stereocenters. The molecule has 0 amide bonds. The lowest BCUT2D eigenvalue weighted by atomic mass is 9.96. The third kappa shape index (κ3) is 5.98. The average Bonchev–Trinajstić information content (AvgIpc) is 3.25. The van der Waals surface area contributed by atoms with Crippen molar-refractivity contribution in [1.29, 1.82) is 0 Å². The summed E-state index contributed by atoms with van der Waals surface area (Å²) in [5, 5.41) is 0. The number of carbonyl (C=O) groups excluding carboxylic acids is 1. The van der Waals surface area contributed by atoms with Gasteiger partial charge in [-0.15, -0.1) is 11.8 Å². The maximum Gasteiger partial charge on any atom is 0.338 e. The zero-order valence-corrected chi connectivity index (χ0v) is 24.4. The van der Waals surface area contributed by atoms with Crippen molar-refractivity contribution in [3.8, 4) is 5.75 Å². The highest BCUT2D eigenvalue weighted by Crippen LogP contribution is 2.32. The Labute approximate surface area is 241 Å². The number of esters is 1. The molecule has 0 spiro atoms. The van der Waals surface area contributed by atoms with Gasteiger partial charge in [-0.05, 0) is 74.1 Å². The molecule has 0 N–H and O–H groups in total. The van der Waals surface area contributed by atoms with Crippen LogP contribution in [0.15, 0.2) is 105 Å². The number of carbonyl (C=O) groups is 1. The van der Waals surface area contributed by atoms with Crippen LogP contribution in [-0.4, -0.2) is 22.9 Å². The minimum absolute atomic E-state index is 0.208. The molecule has 40 heavy (non-hydrogen) atoms. The monoisotopic (exact) mass is 570 g/mol. The van der Waals surface area contributed by atoms with Crippen LogP contribution in [0.3, 0.4) is 0 Å². The second kappa shape index (κ2) is 12.1. The normalized spacial score (nSPS) is 15.1. The van der Waals surface area contributed by atoms with Gasteiger partial charge in [-0.2, -0.15) is 0 Å². The van der Waals surface area contributed by atoms with E-state index in [1.165, 1.54) is 11.3 Å². The number of hydrogen-bond donors (Lipinski definition) is 0. The minimum atomic E-state index is -0.638. The molecule has 0 saturated heterocycles. The van der Waals surface area contributed by atoms with Crippen LogP contribution in [0.25, 0.3) is 6.08 Å². The first kappa shape index (κ1) is 27.7. The van der Waals surface area contributed by atoms with E-state index in [0.29, 0.717) is 33.0 Å². The zero-order valence-electron chi connectivity index (χ0n) is 22.8. The number of thioether (sulfide) groups is 1. The van der Waals surface area contributed by atoms with E-state index >= 15 is 0 Å². The molecule has 0 fully saturated rings. The molecule has 2 heterocycles. The van der Waals surface area contributed by atoms with E-state index in [1.54, 1.807) is 23.3 Å². The summed E-state index contributed by atoms with van der Waals surface area (Å²) < 4.78 is 13.7. The highest BCUT2D eigenvalue weighted by molar-refractivity contribution is 7.98. The molecular formula is C32H30N2O4S2. The lowest BCUT2D eigenvalue weighted by Crippen LogP contribution is -2.40. The summed E-state index contributed by atoms with van der Waals surface area (Å²) in [6.07, 6.45) is 3.56. The van der Waals surface area contributed by atoms with Crippen LogP contribution in [0.5, 0.6) is 5.75 Å². The molecule has 1 aliphatic heterocycles. The fraction of sp³-hybridized carbons (Fsp3) is 0.219. The van der Waals surface area contributed by atoms with E-state index in [4.69, 9.17) is 9.47 Å². The molecule has 204 valence electrons. The van der Waals surface area contributed by atoms with E-state index in [9.17, 15) is 9.59 Å². The number of thiazole rings is 1. The van der Waals surface area contributed by atoms with Gasteiger partial charge < -0.3 is 9.47 Å². The first-order valence-electron chi connectivity index (χ1n) is 13.0. The average molecular weight is 571 g/mol. The molecule has 1 aromatic heterocycles. The molecular weight excluding hydrogens is 540 g/mol. The second-order valence-corrected chi connectivity index (χ2v) is 11.5. The standard InChI is InChI=1S/C32H30N2O4S2/c1-20(2)38-31(36)28-21(3)33-32-34(29(28)24-13-15-26(39-4)16-14-24)30(35)27(40-32)18-23-11-8-12-25(17-23)37-19-22-9-6-5-7-10-22/h5-18,20,29H,19H2,1-4H3/b27-18+/t29-/m1/s1. The van der Waals surface area contributed by atoms with Gasteiger partial charge in [-0.1, -0.05) is 65.9 Å². The third-order valence-corrected chi connectivity index (χ3v) is 8.15. The Hall–Kier alpha value is -3.88. The van der Waals surface area contributed by atoms with Crippen molar-refractivity contribution in [3.63, 3.8) is 0 Å². The van der Waals surface area contributed by atoms with Gasteiger partial charge in [0.25, 0.3) is 5.56 Å². The number of allylic oxidation sites excluding steroid dienone is 1. The molecule has 5 rings (SSSR count). The van der Waals surface area contributed by atoms with Gasteiger partial charge in [-0.25, -0.2) is 9.79 Å². The predicted octanol–water partition coefficient (Wildman–Crippen LogP) is 5.49. The third-order valence-electron chi connectivity index (χ3n) is 6.42. The van der Waals surface area contributed by atoms with E-state index in [0.717, 1.165) is 21.6 Å². The number of fused-ring (bicyclic) bond motifs is 1. The van der Waals surface area contributed by atoms with Crippen LogP contribution >= 0.6 is 23.1 Å². The molecule has 6 nitrogen and oxygen atoms in total. The van der Waals surface area contributed by atoms with Crippen molar-refractivity contribution in [2.24, 2.45) is 4.99 Å². The number of hydrogen-bond acceptors (Lipinski definition) is 7. The summed E-state index contributed by atoms with van der Waals surface area (Å²) in [4.78, 5) is 33.5. The SMILES string of the molecule is CSc1ccc([C@@H]2C(C(=O)OC(C)C)=C(C)N=c3s/c(=C/c4cccc(OCc5ccccc5)c4)c(=O)n32)cc1. The van der Waals surface area contributed by atoms with Gasteiger partial charge in [-0.3, -0.25) is 9.36 Å². The first-order valence-corrected chi connectivity index (χ1v) is 15.0. The Morgan fingerprint density at radius 3 is 2.52 bits per heavy atom. The molecule has 1 aliphatic rings. The minimum Gasteiger partial charge on any atom is -0.489 e. The summed E-state index contributed by atoms with van der Waals surface area (Å²) in [6.45, 7) is 5.87. The van der Waals surface area contributed by atoms with Gasteiger partial charge in [0.1, 0.15) is 12.4 Å². The smallest absolute Gasteiger partial charge is 0.338 e. The van der Waals surface area contributed by atoms with Gasteiger partial charge in [0.2, 0.25) is 0 Å². The molecule has 0 aliphatic carbocycles. The maximum atomic E-state index is 13.9. The van der Waals surface area contributed by atoms with E-state index in [2.05, 4.69) is 4.99 Å². The van der Waals surface area contributed by atoms with Gasteiger partial charge in [0.15, 0.2) is 4.80 Å². The second-order valence-electron chi connectivity index (χ2n) is 9.66. The first-order chi connectivity index (χ1) is 19.3. The Bertz CT molecular complexity index is 1740. The summed E-state index contributed by atoms with van der Waals surface area (Å²) in [5.41, 5.74) is 3.46. The lowest BCUT2D eigenvalue weighted by Gasteiger charge is -2.25. The summed E-state index contributed by atoms with van der Waals surface area (Å²) >= 11 is 2.94. The van der Waals surface area contributed by atoms with Crippen LogP contribution in [0, 0.1) is 0 Å². The molecule has 0 bridgehead atoms. The number of benzene rings is 3. The summed E-state index contributed by atoms with van der Waals surface area (Å²) in [7, 11) is 0. The van der Waals surface area contributed by atoms with Crippen LogP contribution < -0.4 is 19.6 Å². The Balaban J connectivity index is 1.56. The largest absolute Gasteiger partial charge is 0.489 e. The van der Waals surface area contributed by atoms with Crippen LogP contribution in [0.1, 0.15) is 43.5 Å². The number of nitrogens with zero attached hydrogens (tertiary/aromatic N) is 2. The molecule has 3 aromatic carbocycles. The molecule has 8 heteroatoms. The Morgan fingerprint density at radius 1 is 1.07 bits per heavy atom. The number of rotatable bonds is 8. The molecule has 0 saturated carbocycles. The van der Waals surface area contributed by atoms with E-state index < -0.39 is 12.0 Å². The zero-order chi connectivity index (χ0) is 28.2. The highest BCUT2D eigenvalue weighted by Gasteiger charge is 2.33. The van der Waals surface area contributed by atoms with Gasteiger partial charge >= 0.3 is 5.97 Å². The van der Waals surface area contributed by atoms with Gasteiger partial charge in [0.05, 0.1) is 27.9 Å². The maximum absolute atomic E-state index is 13.9. The lowest BCUT2D eigenvalue weighted by molar-refractivity contribution is -0.143. The quantitative estimate of drug-likeness (QED) is 0.207. The van der Waals surface area contributed by atoms with Crippen LogP contribution in [0.4, 0.5) is 0 Å². The van der Waals surface area contributed by atoms with Crippen LogP contribution in [-0.2, 0) is 16.1 Å². The van der Waals surface area contributed by atoms with Crippen LogP contribution in [0.2, 0.25) is 0 Å². The van der Waals surface area contributed by atoms with Crippen molar-refractivity contribution in [1.82, 2.24) is 4.57 Å².